The molecule has 1 fully saturated rings. The van der Waals surface area contributed by atoms with Crippen LogP contribution in [0.3, 0.4) is 0 Å². The molecule has 9 nitrogen and oxygen atoms in total. The highest BCUT2D eigenvalue weighted by Crippen LogP contribution is 2.37. The van der Waals surface area contributed by atoms with Crippen LogP contribution in [0.4, 0.5) is 21.5 Å². The Bertz CT molecular complexity index is 1440. The number of anilines is 3. The Morgan fingerprint density at radius 1 is 1.25 bits per heavy atom. The van der Waals surface area contributed by atoms with Crippen molar-refractivity contribution in [1.82, 2.24) is 13.9 Å². The van der Waals surface area contributed by atoms with Crippen LogP contribution in [0, 0.1) is 30.0 Å². The highest BCUT2D eigenvalue weighted by Gasteiger charge is 2.36. The lowest BCUT2D eigenvalue weighted by atomic mass is 10.1. The first-order valence-electron chi connectivity index (χ1n) is 9.50. The number of aromatic nitrogens is 2. The Labute approximate surface area is 188 Å². The Morgan fingerprint density at radius 3 is 2.62 bits per heavy atom. The van der Waals surface area contributed by atoms with Gasteiger partial charge in [-0.15, -0.1) is 0 Å². The van der Waals surface area contributed by atoms with Crippen LogP contribution in [0.15, 0.2) is 35.4 Å². The predicted molar refractivity (Wildman–Crippen MR) is 120 cm³/mol. The zero-order valence-electron chi connectivity index (χ0n) is 17.1. The fourth-order valence-corrected chi connectivity index (χ4v) is 5.02. The maximum absolute atomic E-state index is 14.6. The molecule has 0 spiro atoms. The van der Waals surface area contributed by atoms with Crippen molar-refractivity contribution in [1.29, 1.82) is 5.26 Å². The molecule has 1 saturated heterocycles. The van der Waals surface area contributed by atoms with E-state index in [-0.39, 0.29) is 41.0 Å². The van der Waals surface area contributed by atoms with Crippen LogP contribution in [0.1, 0.15) is 5.56 Å². The summed E-state index contributed by atoms with van der Waals surface area (Å²) in [5, 5.41) is 11.9. The molecule has 2 heterocycles. The molecule has 32 heavy (non-hydrogen) atoms. The van der Waals surface area contributed by atoms with Gasteiger partial charge in [-0.1, -0.05) is 11.6 Å². The molecule has 0 atom stereocenters. The van der Waals surface area contributed by atoms with Gasteiger partial charge in [-0.3, -0.25) is 9.52 Å². The predicted octanol–water partition coefficient (Wildman–Crippen LogP) is 2.89. The number of aryl methyl sites for hydroxylation is 2. The summed E-state index contributed by atoms with van der Waals surface area (Å²) in [6.07, 6.45) is 1.42. The normalized spacial score (nSPS) is 14.7. The van der Waals surface area contributed by atoms with Crippen LogP contribution < -0.4 is 15.6 Å². The molecule has 12 heteroatoms. The Hall–Kier alpha value is -3.20. The van der Waals surface area contributed by atoms with Gasteiger partial charge >= 0.3 is 10.2 Å². The summed E-state index contributed by atoms with van der Waals surface area (Å²) >= 11 is 6.34. The van der Waals surface area contributed by atoms with Gasteiger partial charge in [0.2, 0.25) is 0 Å². The van der Waals surface area contributed by atoms with Crippen LogP contribution in [-0.2, 0) is 17.3 Å². The van der Waals surface area contributed by atoms with Crippen molar-refractivity contribution in [3.8, 4) is 6.07 Å². The third-order valence-electron chi connectivity index (χ3n) is 5.31. The molecule has 3 aromatic rings. The molecular weight excluding hydrogens is 459 g/mol. The lowest BCUT2D eigenvalue weighted by molar-refractivity contribution is 0.250. The number of nitrogens with one attached hydrogen (secondary N) is 2. The van der Waals surface area contributed by atoms with Crippen molar-refractivity contribution < 1.29 is 12.8 Å². The summed E-state index contributed by atoms with van der Waals surface area (Å²) in [6.45, 7) is 1.85. The number of hydrogen-bond donors (Lipinski definition) is 2. The fraction of sp³-hybridized carbons (Fsp3) is 0.250. The van der Waals surface area contributed by atoms with Crippen molar-refractivity contribution in [3.05, 3.63) is 57.3 Å². The van der Waals surface area contributed by atoms with E-state index in [1.807, 2.05) is 6.07 Å². The van der Waals surface area contributed by atoms with Crippen molar-refractivity contribution in [2.45, 2.75) is 6.92 Å². The largest absolute Gasteiger partial charge is 0.352 e. The number of benzene rings is 2. The minimum absolute atomic E-state index is 0.0213. The maximum Gasteiger partial charge on any atom is 0.301 e. The standard InChI is InChI=1S/C20H18ClFN6O3S/c1-11-14(5-6-15-17(11)20(29)27(2)10-24-15)25-19-13(22)3-4-16(18(19)21)26-32(30,31)28-8-12(7-23)9-28/h3-6,10,12,25-26H,8-9H2,1-2H3. The van der Waals surface area contributed by atoms with E-state index < -0.39 is 16.0 Å². The van der Waals surface area contributed by atoms with Crippen molar-refractivity contribution in [2.24, 2.45) is 13.0 Å². The zero-order chi connectivity index (χ0) is 23.2. The van der Waals surface area contributed by atoms with E-state index in [4.69, 9.17) is 16.9 Å². The number of nitrogens with zero attached hydrogens (tertiary/aromatic N) is 4. The van der Waals surface area contributed by atoms with Gasteiger partial charge in [0.1, 0.15) is 5.82 Å². The van der Waals surface area contributed by atoms with Crippen molar-refractivity contribution >= 4 is 49.8 Å². The van der Waals surface area contributed by atoms with E-state index in [0.717, 1.165) is 10.4 Å². The summed E-state index contributed by atoms with van der Waals surface area (Å²) < 4.78 is 44.4. The van der Waals surface area contributed by atoms with Gasteiger partial charge in [0.15, 0.2) is 0 Å². The van der Waals surface area contributed by atoms with E-state index in [2.05, 4.69) is 15.0 Å². The van der Waals surface area contributed by atoms with Crippen molar-refractivity contribution in [2.75, 3.05) is 23.1 Å². The van der Waals surface area contributed by atoms with Gasteiger partial charge in [0.05, 0.1) is 45.6 Å². The first-order valence-corrected chi connectivity index (χ1v) is 11.3. The second kappa shape index (κ2) is 8.05. The molecular formula is C20H18ClFN6O3S. The molecule has 2 N–H and O–H groups in total. The van der Waals surface area contributed by atoms with E-state index >= 15 is 0 Å². The van der Waals surface area contributed by atoms with Gasteiger partial charge in [-0.2, -0.15) is 18.0 Å². The molecule has 0 aliphatic carbocycles. The lowest BCUT2D eigenvalue weighted by Gasteiger charge is -2.34. The van der Waals surface area contributed by atoms with Crippen LogP contribution in [0.25, 0.3) is 10.9 Å². The lowest BCUT2D eigenvalue weighted by Crippen LogP contribution is -2.51. The van der Waals surface area contributed by atoms with Gasteiger partial charge < -0.3 is 9.88 Å². The number of halogens is 2. The SMILES string of the molecule is Cc1c(Nc2c(F)ccc(NS(=O)(=O)N3CC(C#N)C3)c2Cl)ccc2ncn(C)c(=O)c12. The monoisotopic (exact) mass is 476 g/mol. The average Bonchev–Trinajstić information content (AvgIpc) is 2.70. The first-order chi connectivity index (χ1) is 15.1. The number of rotatable bonds is 5. The number of nitriles is 1. The molecule has 166 valence electrons. The fourth-order valence-electron chi connectivity index (χ4n) is 3.39. The Kier molecular flexibility index (Phi) is 5.54. The van der Waals surface area contributed by atoms with Crippen LogP contribution in [-0.4, -0.2) is 35.4 Å². The first kappa shape index (κ1) is 22.0. The molecule has 1 aliphatic heterocycles. The Morgan fingerprint density at radius 2 is 1.94 bits per heavy atom. The minimum Gasteiger partial charge on any atom is -0.352 e. The van der Waals surface area contributed by atoms with E-state index in [1.54, 1.807) is 26.1 Å². The van der Waals surface area contributed by atoms with E-state index in [1.165, 1.54) is 17.0 Å². The zero-order valence-corrected chi connectivity index (χ0v) is 18.6. The van der Waals surface area contributed by atoms with Gasteiger partial charge in [-0.25, -0.2) is 9.37 Å². The van der Waals surface area contributed by atoms with E-state index in [9.17, 15) is 17.6 Å². The summed E-state index contributed by atoms with van der Waals surface area (Å²) in [4.78, 5) is 16.7. The maximum atomic E-state index is 14.6. The smallest absolute Gasteiger partial charge is 0.301 e. The second-order valence-corrected chi connectivity index (χ2v) is 9.50. The third kappa shape index (κ3) is 3.77. The number of fused-ring (bicyclic) bond motifs is 1. The minimum atomic E-state index is -3.95. The summed E-state index contributed by atoms with van der Waals surface area (Å²) in [6, 6.07) is 7.56. The summed E-state index contributed by atoms with van der Waals surface area (Å²) in [7, 11) is -2.37. The van der Waals surface area contributed by atoms with Crippen LogP contribution >= 0.6 is 11.6 Å². The van der Waals surface area contributed by atoms with Crippen LogP contribution in [0.5, 0.6) is 0 Å². The highest BCUT2D eigenvalue weighted by molar-refractivity contribution is 7.90. The van der Waals surface area contributed by atoms with Gasteiger partial charge in [0.25, 0.3) is 5.56 Å². The van der Waals surface area contributed by atoms with E-state index in [0.29, 0.717) is 22.2 Å². The Balaban J connectivity index is 1.69. The molecule has 0 amide bonds. The van der Waals surface area contributed by atoms with Crippen LogP contribution in [0.2, 0.25) is 5.02 Å². The molecule has 1 aromatic heterocycles. The average molecular weight is 477 g/mol. The molecule has 2 aromatic carbocycles. The quantitative estimate of drug-likeness (QED) is 0.584. The van der Waals surface area contributed by atoms with Gasteiger partial charge in [-0.05, 0) is 36.8 Å². The topological polar surface area (TPSA) is 120 Å². The highest BCUT2D eigenvalue weighted by atomic mass is 35.5. The summed E-state index contributed by atoms with van der Waals surface area (Å²) in [5.74, 6) is -1.06. The molecule has 0 saturated carbocycles. The summed E-state index contributed by atoms with van der Waals surface area (Å²) in [5.41, 5.74) is 1.04. The molecule has 0 unspecified atom stereocenters. The molecule has 1 aliphatic rings. The molecule has 0 radical (unpaired) electrons. The second-order valence-electron chi connectivity index (χ2n) is 7.45. The third-order valence-corrected chi connectivity index (χ3v) is 7.16. The molecule has 0 bridgehead atoms. The van der Waals surface area contributed by atoms with Crippen molar-refractivity contribution in [3.63, 3.8) is 0 Å². The van der Waals surface area contributed by atoms with Gasteiger partial charge in [0, 0.05) is 25.8 Å². The molecule has 4 rings (SSSR count). The number of hydrogen-bond acceptors (Lipinski definition) is 6.